The molecule has 1 saturated heterocycles. The van der Waals surface area contributed by atoms with Crippen LogP contribution in [0.15, 0.2) is 35.0 Å². The average Bonchev–Trinajstić information content (AvgIpc) is 3.38. The highest BCUT2D eigenvalue weighted by Gasteiger charge is 2.38. The highest BCUT2D eigenvalue weighted by atomic mass is 19.4. The Morgan fingerprint density at radius 1 is 1.03 bits per heavy atom. The first-order valence-electron chi connectivity index (χ1n) is 11.8. The number of carbonyl (C=O) groups is 1. The number of hydrogen-bond acceptors (Lipinski definition) is 3. The van der Waals surface area contributed by atoms with Gasteiger partial charge in [0.05, 0.1) is 16.8 Å². The Morgan fingerprint density at radius 3 is 2.29 bits per heavy atom. The van der Waals surface area contributed by atoms with Gasteiger partial charge >= 0.3 is 18.4 Å². The number of hydrogen-bond donors (Lipinski definition) is 1. The second kappa shape index (κ2) is 9.83. The van der Waals surface area contributed by atoms with Crippen molar-refractivity contribution >= 4 is 11.9 Å². The molecule has 5 nitrogen and oxygen atoms in total. The molecule has 192 valence electrons. The van der Waals surface area contributed by atoms with Crippen LogP contribution >= 0.6 is 0 Å². The highest BCUT2D eigenvalue weighted by Crippen LogP contribution is 2.38. The molecule has 11 heteroatoms. The number of carbonyl (C=O) groups excluding carboxylic acids is 1. The lowest BCUT2D eigenvalue weighted by molar-refractivity contribution is -0.143. The number of halogens is 6. The number of urea groups is 1. The van der Waals surface area contributed by atoms with Gasteiger partial charge in [-0.05, 0) is 62.4 Å². The molecule has 1 saturated carbocycles. The first-order chi connectivity index (χ1) is 16.4. The van der Waals surface area contributed by atoms with E-state index in [1.54, 1.807) is 7.05 Å². The smallest absolute Gasteiger partial charge is 0.365 e. The van der Waals surface area contributed by atoms with Crippen molar-refractivity contribution in [1.82, 2.24) is 15.1 Å². The largest absolute Gasteiger partial charge is 0.416 e. The van der Waals surface area contributed by atoms with Gasteiger partial charge in [-0.25, -0.2) is 4.79 Å². The Hall–Kier alpha value is -2.56. The van der Waals surface area contributed by atoms with Crippen molar-refractivity contribution in [1.29, 1.82) is 0 Å². The molecule has 4 rings (SSSR count). The normalized spacial score (nSPS) is 22.4. The van der Waals surface area contributed by atoms with E-state index in [1.165, 1.54) is 4.90 Å². The quantitative estimate of drug-likeness (QED) is 0.529. The number of piperidine rings is 1. The van der Waals surface area contributed by atoms with E-state index < -0.39 is 23.5 Å². The second-order valence-corrected chi connectivity index (χ2v) is 9.46. The molecule has 0 spiro atoms. The van der Waals surface area contributed by atoms with Gasteiger partial charge in [0.1, 0.15) is 0 Å². The molecule has 1 N–H and O–H groups in total. The summed E-state index contributed by atoms with van der Waals surface area (Å²) in [5, 5.41) is 3.38. The summed E-state index contributed by atoms with van der Waals surface area (Å²) >= 11 is 0. The fourth-order valence-corrected chi connectivity index (χ4v) is 4.95. The van der Waals surface area contributed by atoms with E-state index in [4.69, 9.17) is 0 Å². The molecule has 1 aromatic carbocycles. The Kier molecular flexibility index (Phi) is 7.17. The molecule has 2 fully saturated rings. The summed E-state index contributed by atoms with van der Waals surface area (Å²) in [5.74, 6) is 0.686. The summed E-state index contributed by atoms with van der Waals surface area (Å²) in [6, 6.07) is 1.78. The van der Waals surface area contributed by atoms with Crippen molar-refractivity contribution in [2.75, 3.05) is 20.1 Å². The van der Waals surface area contributed by atoms with Crippen molar-refractivity contribution in [2.24, 2.45) is 10.9 Å². The molecule has 2 heterocycles. The summed E-state index contributed by atoms with van der Waals surface area (Å²) in [5.41, 5.74) is -2.00. The van der Waals surface area contributed by atoms with Crippen molar-refractivity contribution in [2.45, 2.75) is 63.5 Å². The number of amides is 2. The van der Waals surface area contributed by atoms with Crippen LogP contribution in [0, 0.1) is 5.92 Å². The van der Waals surface area contributed by atoms with Crippen LogP contribution in [0.25, 0.3) is 0 Å². The van der Waals surface area contributed by atoms with Crippen LogP contribution in [0.2, 0.25) is 0 Å². The van der Waals surface area contributed by atoms with Gasteiger partial charge in [0.15, 0.2) is 5.84 Å². The van der Waals surface area contributed by atoms with Crippen molar-refractivity contribution in [3.05, 3.63) is 46.7 Å². The molecule has 0 unspecified atom stereocenters. The summed E-state index contributed by atoms with van der Waals surface area (Å²) in [6.07, 6.45) is -2.05. The van der Waals surface area contributed by atoms with Gasteiger partial charge in [0.2, 0.25) is 0 Å². The molecule has 2 aliphatic heterocycles. The minimum atomic E-state index is -4.87. The highest BCUT2D eigenvalue weighted by molar-refractivity contribution is 6.11. The molecule has 1 aromatic rings. The maximum Gasteiger partial charge on any atom is 0.416 e. The number of aliphatic imine (C=N–C) groups is 1. The average molecular weight is 503 g/mol. The van der Waals surface area contributed by atoms with Gasteiger partial charge in [0.25, 0.3) is 0 Å². The topological polar surface area (TPSA) is 47.9 Å². The maximum atomic E-state index is 13.5. The SMILES string of the molecule is CN1C(=O)N=C(NC2CCCC2)C1=CC1CCN(Cc2ccc(C(F)(F)F)cc2C(F)(F)F)CC1. The summed E-state index contributed by atoms with van der Waals surface area (Å²) in [6.45, 7) is 0.907. The molecular weight excluding hydrogens is 474 g/mol. The van der Waals surface area contributed by atoms with E-state index in [2.05, 4.69) is 10.3 Å². The number of rotatable bonds is 4. The van der Waals surface area contributed by atoms with E-state index in [0.29, 0.717) is 43.9 Å². The fourth-order valence-electron chi connectivity index (χ4n) is 4.95. The minimum absolute atomic E-state index is 0.0788. The molecule has 0 atom stereocenters. The third-order valence-electron chi connectivity index (χ3n) is 6.96. The van der Waals surface area contributed by atoms with Crippen molar-refractivity contribution < 1.29 is 31.1 Å². The van der Waals surface area contributed by atoms with Crippen LogP contribution in [-0.2, 0) is 18.9 Å². The van der Waals surface area contributed by atoms with Crippen LogP contribution in [0.5, 0.6) is 0 Å². The zero-order chi connectivity index (χ0) is 25.4. The molecule has 0 bridgehead atoms. The molecule has 3 aliphatic rings. The Bertz CT molecular complexity index is 1000. The number of alkyl halides is 6. The lowest BCUT2D eigenvalue weighted by Crippen LogP contribution is -2.36. The van der Waals surface area contributed by atoms with E-state index >= 15 is 0 Å². The monoisotopic (exact) mass is 502 g/mol. The number of allylic oxidation sites excluding steroid dienone is 1. The molecule has 1 aliphatic carbocycles. The van der Waals surface area contributed by atoms with E-state index in [-0.39, 0.29) is 30.1 Å². The summed E-state index contributed by atoms with van der Waals surface area (Å²) in [4.78, 5) is 19.6. The van der Waals surface area contributed by atoms with Crippen molar-refractivity contribution in [3.63, 3.8) is 0 Å². The number of nitrogens with one attached hydrogen (secondary N) is 1. The fraction of sp³-hybridized carbons (Fsp3) is 0.583. The Labute approximate surface area is 199 Å². The number of nitrogens with zero attached hydrogens (tertiary/aromatic N) is 3. The van der Waals surface area contributed by atoms with Gasteiger partial charge < -0.3 is 5.32 Å². The van der Waals surface area contributed by atoms with Crippen molar-refractivity contribution in [3.8, 4) is 0 Å². The van der Waals surface area contributed by atoms with Gasteiger partial charge in [-0.2, -0.15) is 31.3 Å². The molecule has 35 heavy (non-hydrogen) atoms. The number of amidine groups is 1. The standard InChI is InChI=1S/C24H28F6N4O/c1-33-20(21(32-22(33)35)31-18-4-2-3-5-18)12-15-8-10-34(11-9-15)14-16-6-7-17(23(25,26)27)13-19(16)24(28,29)30/h6-7,12-13,15,18H,2-5,8-11,14H2,1H3,(H,31,32,35). The van der Waals surface area contributed by atoms with Gasteiger partial charge in [0, 0.05) is 19.6 Å². The minimum Gasteiger partial charge on any atom is -0.365 e. The Balaban J connectivity index is 1.41. The van der Waals surface area contributed by atoms with Crippen LogP contribution in [-0.4, -0.2) is 47.8 Å². The summed E-state index contributed by atoms with van der Waals surface area (Å²) < 4.78 is 79.2. The molecule has 0 radical (unpaired) electrons. The zero-order valence-electron chi connectivity index (χ0n) is 19.3. The number of likely N-dealkylation sites (N-methyl/N-ethyl adjacent to an activating group) is 1. The van der Waals surface area contributed by atoms with Crippen LogP contribution in [0.1, 0.15) is 55.2 Å². The zero-order valence-corrected chi connectivity index (χ0v) is 19.3. The Morgan fingerprint density at radius 2 is 1.69 bits per heavy atom. The van der Waals surface area contributed by atoms with Gasteiger partial charge in [-0.1, -0.05) is 25.0 Å². The van der Waals surface area contributed by atoms with E-state index in [0.717, 1.165) is 37.4 Å². The molecule has 2 amide bonds. The third kappa shape index (κ3) is 5.99. The van der Waals surface area contributed by atoms with Gasteiger partial charge in [-0.15, -0.1) is 0 Å². The van der Waals surface area contributed by atoms with Crippen LogP contribution in [0.4, 0.5) is 31.1 Å². The van der Waals surface area contributed by atoms with E-state index in [1.807, 2.05) is 11.0 Å². The lowest BCUT2D eigenvalue weighted by atomic mass is 9.94. The first-order valence-corrected chi connectivity index (χ1v) is 11.8. The van der Waals surface area contributed by atoms with Crippen LogP contribution in [0.3, 0.4) is 0 Å². The second-order valence-electron chi connectivity index (χ2n) is 9.46. The molecular formula is C24H28F6N4O. The number of benzene rings is 1. The summed E-state index contributed by atoms with van der Waals surface area (Å²) in [7, 11) is 1.67. The molecule has 0 aromatic heterocycles. The number of likely N-dealkylation sites (tertiary alicyclic amines) is 1. The first kappa shape index (κ1) is 25.5. The predicted molar refractivity (Wildman–Crippen MR) is 119 cm³/mol. The van der Waals surface area contributed by atoms with E-state index in [9.17, 15) is 31.1 Å². The third-order valence-corrected chi connectivity index (χ3v) is 6.96. The van der Waals surface area contributed by atoms with Gasteiger partial charge in [-0.3, -0.25) is 9.80 Å². The lowest BCUT2D eigenvalue weighted by Gasteiger charge is -2.32. The maximum absolute atomic E-state index is 13.5. The van der Waals surface area contributed by atoms with Crippen LogP contribution < -0.4 is 5.32 Å². The predicted octanol–water partition coefficient (Wildman–Crippen LogP) is 5.82.